The molecule has 4 nitrogen and oxygen atoms in total. The second kappa shape index (κ2) is 7.32. The number of halogens is 1. The quantitative estimate of drug-likeness (QED) is 0.501. The minimum Gasteiger partial charge on any atom is -0.323 e. The summed E-state index contributed by atoms with van der Waals surface area (Å²) in [5.74, 6) is 1.50. The number of H-pyrrole nitrogens is 1. The summed E-state index contributed by atoms with van der Waals surface area (Å²) in [6.45, 7) is 1.96. The van der Waals surface area contributed by atoms with Crippen LogP contribution in [0, 0.1) is 6.92 Å². The molecule has 6 heteroatoms. The fraction of sp³-hybridized carbons (Fsp3) is 0.0526. The van der Waals surface area contributed by atoms with E-state index in [0.717, 1.165) is 39.4 Å². The van der Waals surface area contributed by atoms with Gasteiger partial charge in [0.1, 0.15) is 5.82 Å². The van der Waals surface area contributed by atoms with Crippen LogP contribution in [0.3, 0.4) is 0 Å². The fourth-order valence-electron chi connectivity index (χ4n) is 2.70. The van der Waals surface area contributed by atoms with E-state index >= 15 is 0 Å². The predicted octanol–water partition coefficient (Wildman–Crippen LogP) is 5.33. The van der Waals surface area contributed by atoms with Gasteiger partial charge in [-0.05, 0) is 24.4 Å². The number of benzene rings is 2. The van der Waals surface area contributed by atoms with Crippen LogP contribution >= 0.6 is 11.6 Å². The van der Waals surface area contributed by atoms with Gasteiger partial charge in [0.2, 0.25) is 0 Å². The third kappa shape index (κ3) is 3.56. The van der Waals surface area contributed by atoms with Crippen molar-refractivity contribution >= 4 is 34.0 Å². The van der Waals surface area contributed by atoms with Crippen LogP contribution in [0.25, 0.3) is 22.0 Å². The molecule has 0 bridgehead atoms. The SMILES string of the molecule is Cc1cc(Nc2nc(-c3ccccc3Cl)cc3ccccc23)n[nH]1.[V]. The van der Waals surface area contributed by atoms with Crippen LogP contribution in [0.1, 0.15) is 5.69 Å². The van der Waals surface area contributed by atoms with Crippen molar-refractivity contribution in [1.29, 1.82) is 0 Å². The van der Waals surface area contributed by atoms with Gasteiger partial charge in [0.15, 0.2) is 5.82 Å². The summed E-state index contributed by atoms with van der Waals surface area (Å²) in [6.07, 6.45) is 0. The molecule has 1 radical (unpaired) electrons. The van der Waals surface area contributed by atoms with E-state index in [2.05, 4.69) is 27.6 Å². The van der Waals surface area contributed by atoms with Crippen molar-refractivity contribution < 1.29 is 18.6 Å². The van der Waals surface area contributed by atoms with Gasteiger partial charge in [0, 0.05) is 46.3 Å². The topological polar surface area (TPSA) is 53.6 Å². The van der Waals surface area contributed by atoms with E-state index in [1.807, 2.05) is 55.5 Å². The van der Waals surface area contributed by atoms with Crippen molar-refractivity contribution in [3.63, 3.8) is 0 Å². The first-order valence-electron chi connectivity index (χ1n) is 7.64. The molecule has 2 heterocycles. The molecule has 0 fully saturated rings. The number of aromatic amines is 1. The zero-order valence-corrected chi connectivity index (χ0v) is 15.6. The van der Waals surface area contributed by atoms with Crippen LogP contribution in [0.4, 0.5) is 11.6 Å². The smallest absolute Gasteiger partial charge is 0.153 e. The molecule has 0 atom stereocenters. The Morgan fingerprint density at radius 3 is 2.52 bits per heavy atom. The molecular weight excluding hydrogens is 371 g/mol. The molecule has 0 aliphatic rings. The Morgan fingerprint density at radius 1 is 1.00 bits per heavy atom. The van der Waals surface area contributed by atoms with Gasteiger partial charge >= 0.3 is 0 Å². The average molecular weight is 386 g/mol. The van der Waals surface area contributed by atoms with Gasteiger partial charge in [-0.2, -0.15) is 5.10 Å². The second-order valence-electron chi connectivity index (χ2n) is 5.62. The maximum absolute atomic E-state index is 6.35. The molecule has 4 aromatic rings. The minimum absolute atomic E-state index is 0. The first-order chi connectivity index (χ1) is 11.7. The van der Waals surface area contributed by atoms with E-state index in [1.165, 1.54) is 0 Å². The molecule has 2 aromatic carbocycles. The number of hydrogen-bond donors (Lipinski definition) is 2. The summed E-state index contributed by atoms with van der Waals surface area (Å²) in [4.78, 5) is 4.79. The molecule has 123 valence electrons. The van der Waals surface area contributed by atoms with Crippen LogP contribution in [0.15, 0.2) is 60.7 Å². The average Bonchev–Trinajstić information content (AvgIpc) is 3.00. The summed E-state index contributed by atoms with van der Waals surface area (Å²) in [6, 6.07) is 19.8. The Kier molecular flexibility index (Phi) is 5.14. The minimum atomic E-state index is 0. The van der Waals surface area contributed by atoms with Gasteiger partial charge < -0.3 is 5.32 Å². The first kappa shape index (κ1) is 17.6. The molecule has 2 aromatic heterocycles. The van der Waals surface area contributed by atoms with Crippen LogP contribution in [0.5, 0.6) is 0 Å². The van der Waals surface area contributed by atoms with Crippen LogP contribution in [0.2, 0.25) is 5.02 Å². The number of aromatic nitrogens is 3. The Labute approximate surface area is 162 Å². The van der Waals surface area contributed by atoms with Crippen LogP contribution < -0.4 is 5.32 Å². The molecule has 0 amide bonds. The van der Waals surface area contributed by atoms with Gasteiger partial charge in [-0.25, -0.2) is 4.98 Å². The molecule has 0 aliphatic carbocycles. The predicted molar refractivity (Wildman–Crippen MR) is 98.8 cm³/mol. The monoisotopic (exact) mass is 385 g/mol. The number of nitrogens with zero attached hydrogens (tertiary/aromatic N) is 2. The summed E-state index contributed by atoms with van der Waals surface area (Å²) in [5.41, 5.74) is 2.73. The molecule has 4 rings (SSSR count). The number of anilines is 2. The van der Waals surface area contributed by atoms with Gasteiger partial charge in [-0.15, -0.1) is 0 Å². The zero-order valence-electron chi connectivity index (χ0n) is 13.5. The van der Waals surface area contributed by atoms with Crippen molar-refractivity contribution in [3.05, 3.63) is 71.4 Å². The van der Waals surface area contributed by atoms with Crippen molar-refractivity contribution in [2.45, 2.75) is 6.92 Å². The summed E-state index contributed by atoms with van der Waals surface area (Å²) in [7, 11) is 0. The molecule has 2 N–H and O–H groups in total. The van der Waals surface area contributed by atoms with Crippen molar-refractivity contribution in [3.8, 4) is 11.3 Å². The number of rotatable bonds is 3. The third-order valence-corrected chi connectivity index (χ3v) is 4.17. The molecule has 25 heavy (non-hydrogen) atoms. The fourth-order valence-corrected chi connectivity index (χ4v) is 2.94. The number of fused-ring (bicyclic) bond motifs is 1. The molecular formula is C19H15ClN4V. The van der Waals surface area contributed by atoms with E-state index in [-0.39, 0.29) is 18.6 Å². The molecule has 0 saturated heterocycles. The maximum atomic E-state index is 6.35. The molecule has 0 aliphatic heterocycles. The number of pyridine rings is 1. The Morgan fingerprint density at radius 2 is 1.76 bits per heavy atom. The van der Waals surface area contributed by atoms with Gasteiger partial charge in [0.05, 0.1) is 5.69 Å². The van der Waals surface area contributed by atoms with Crippen LogP contribution in [-0.2, 0) is 18.6 Å². The number of hydrogen-bond acceptors (Lipinski definition) is 3. The Bertz CT molecular complexity index is 1030. The standard InChI is InChI=1S/C19H15ClN4.V/c1-12-10-18(24-23-12)22-19-14-7-3-2-6-13(14)11-17(21-19)15-8-4-5-9-16(15)20;/h2-11H,1H3,(H2,21,22,23,24);. The van der Waals surface area contributed by atoms with Crippen molar-refractivity contribution in [2.75, 3.05) is 5.32 Å². The summed E-state index contributed by atoms with van der Waals surface area (Å²) in [5, 5.41) is 13.3. The van der Waals surface area contributed by atoms with Gasteiger partial charge in [-0.3, -0.25) is 5.10 Å². The van der Waals surface area contributed by atoms with Crippen molar-refractivity contribution in [1.82, 2.24) is 15.2 Å². The zero-order chi connectivity index (χ0) is 16.5. The number of aryl methyl sites for hydroxylation is 1. The molecule has 0 spiro atoms. The summed E-state index contributed by atoms with van der Waals surface area (Å²) >= 11 is 6.35. The van der Waals surface area contributed by atoms with Crippen molar-refractivity contribution in [2.24, 2.45) is 0 Å². The summed E-state index contributed by atoms with van der Waals surface area (Å²) < 4.78 is 0. The molecule has 0 saturated carbocycles. The largest absolute Gasteiger partial charge is 0.323 e. The van der Waals surface area contributed by atoms with E-state index < -0.39 is 0 Å². The van der Waals surface area contributed by atoms with E-state index in [1.54, 1.807) is 0 Å². The second-order valence-corrected chi connectivity index (χ2v) is 6.03. The van der Waals surface area contributed by atoms with Gasteiger partial charge in [0.25, 0.3) is 0 Å². The number of nitrogens with one attached hydrogen (secondary N) is 2. The van der Waals surface area contributed by atoms with E-state index in [4.69, 9.17) is 16.6 Å². The van der Waals surface area contributed by atoms with E-state index in [0.29, 0.717) is 5.02 Å². The van der Waals surface area contributed by atoms with E-state index in [9.17, 15) is 0 Å². The van der Waals surface area contributed by atoms with Crippen LogP contribution in [-0.4, -0.2) is 15.2 Å². The Balaban J connectivity index is 0.00000182. The normalized spacial score (nSPS) is 10.5. The third-order valence-electron chi connectivity index (χ3n) is 3.84. The van der Waals surface area contributed by atoms with Gasteiger partial charge in [-0.1, -0.05) is 54.1 Å². The molecule has 0 unspecified atom stereocenters. The Hall–Kier alpha value is -2.27. The maximum Gasteiger partial charge on any atom is 0.153 e. The first-order valence-corrected chi connectivity index (χ1v) is 8.02.